The number of amides is 1. The third-order valence-electron chi connectivity index (χ3n) is 6.35. The number of nitrogens with zero attached hydrogens (tertiary/aromatic N) is 4. The molecule has 0 saturated carbocycles. The van der Waals surface area contributed by atoms with E-state index in [1.807, 2.05) is 0 Å². The van der Waals surface area contributed by atoms with E-state index in [4.69, 9.17) is 4.89 Å². The number of methoxy groups -OCH3 is 1. The number of carbonyl (C=O) groups is 2. The zero-order chi connectivity index (χ0) is 26.1. The lowest BCUT2D eigenvalue weighted by molar-refractivity contribution is -0.168. The fraction of sp³-hybridized carbons (Fsp3) is 0.280. The second-order valence-electron chi connectivity index (χ2n) is 8.55. The van der Waals surface area contributed by atoms with Gasteiger partial charge in [0.15, 0.2) is 5.69 Å². The van der Waals surface area contributed by atoms with Gasteiger partial charge < -0.3 is 4.74 Å². The van der Waals surface area contributed by atoms with Gasteiger partial charge in [0.2, 0.25) is 5.43 Å². The topological polar surface area (TPSA) is 103 Å². The molecule has 1 saturated heterocycles. The van der Waals surface area contributed by atoms with E-state index in [1.165, 1.54) is 46.1 Å². The number of hydrazine groups is 1. The number of ether oxygens (including phenoxy) is 1. The minimum atomic E-state index is -1.23. The highest BCUT2D eigenvalue weighted by Crippen LogP contribution is 2.43. The maximum absolute atomic E-state index is 14.4. The van der Waals surface area contributed by atoms with Crippen molar-refractivity contribution in [3.63, 3.8) is 0 Å². The molecule has 0 aliphatic carbocycles. The Bertz CT molecular complexity index is 1370. The third kappa shape index (κ3) is 4.51. The van der Waals surface area contributed by atoms with Gasteiger partial charge in [0.25, 0.3) is 11.7 Å². The number of benzene rings is 2. The Balaban J connectivity index is 1.75. The van der Waals surface area contributed by atoms with Crippen molar-refractivity contribution in [3.8, 4) is 5.75 Å². The van der Waals surface area contributed by atoms with Crippen molar-refractivity contribution in [3.05, 3.63) is 93.4 Å². The van der Waals surface area contributed by atoms with Gasteiger partial charge >= 0.3 is 6.16 Å². The maximum atomic E-state index is 14.4. The first-order valence-corrected chi connectivity index (χ1v) is 11.5. The Morgan fingerprint density at radius 3 is 2.30 bits per heavy atom. The Hall–Kier alpha value is -4.32. The summed E-state index contributed by atoms with van der Waals surface area (Å²) in [6, 6.07) is 11.7. The average Bonchev–Trinajstić information content (AvgIpc) is 2.90. The van der Waals surface area contributed by atoms with Gasteiger partial charge in [-0.3, -0.25) is 19.5 Å². The number of hydrogen-bond donors (Lipinski definition) is 0. The summed E-state index contributed by atoms with van der Waals surface area (Å²) in [6.45, 7) is 0.772. The summed E-state index contributed by atoms with van der Waals surface area (Å²) in [5.74, 6) is -2.88. The van der Waals surface area contributed by atoms with Gasteiger partial charge in [-0.1, -0.05) is 24.3 Å². The molecule has 0 N–H and O–H groups in total. The first-order chi connectivity index (χ1) is 17.9. The smallest absolute Gasteiger partial charge is 0.435 e. The summed E-state index contributed by atoms with van der Waals surface area (Å²) in [6.07, 6.45) is 0.306. The largest absolute Gasteiger partial charge is 0.549 e. The maximum Gasteiger partial charge on any atom is 0.549 e. The van der Waals surface area contributed by atoms with E-state index in [0.717, 1.165) is 19.7 Å². The van der Waals surface area contributed by atoms with Crippen molar-refractivity contribution < 1.29 is 32.9 Å². The molecule has 5 rings (SSSR count). The predicted molar refractivity (Wildman–Crippen MR) is 123 cm³/mol. The quantitative estimate of drug-likeness (QED) is 0.291. The molecule has 2 aliphatic heterocycles. The lowest BCUT2D eigenvalue weighted by Gasteiger charge is -2.49. The number of halogens is 2. The van der Waals surface area contributed by atoms with E-state index in [0.29, 0.717) is 30.6 Å². The summed E-state index contributed by atoms with van der Waals surface area (Å²) in [4.78, 5) is 47.3. The van der Waals surface area contributed by atoms with Crippen molar-refractivity contribution in [2.75, 3.05) is 20.2 Å². The molecule has 1 fully saturated rings. The molecule has 0 radical (unpaired) electrons. The van der Waals surface area contributed by atoms with Crippen LogP contribution in [0.2, 0.25) is 0 Å². The molecule has 1 amide bonds. The van der Waals surface area contributed by atoms with Gasteiger partial charge in [-0.2, -0.15) is 14.9 Å². The minimum Gasteiger partial charge on any atom is -0.435 e. The van der Waals surface area contributed by atoms with Gasteiger partial charge in [-0.15, -0.1) is 0 Å². The van der Waals surface area contributed by atoms with Crippen molar-refractivity contribution in [2.24, 2.45) is 0 Å². The van der Waals surface area contributed by atoms with E-state index < -0.39 is 47.0 Å². The number of hydrogen-bond acceptors (Lipinski definition) is 8. The van der Waals surface area contributed by atoms with Crippen LogP contribution in [0.1, 0.15) is 46.5 Å². The molecular weight excluding hydrogens is 490 g/mol. The Morgan fingerprint density at radius 1 is 1.03 bits per heavy atom. The minimum absolute atomic E-state index is 0.266. The van der Waals surface area contributed by atoms with Crippen LogP contribution in [0.5, 0.6) is 5.75 Å². The summed E-state index contributed by atoms with van der Waals surface area (Å²) in [5, 5.41) is 7.48. The number of aromatic nitrogens is 2. The van der Waals surface area contributed by atoms with Crippen LogP contribution in [-0.4, -0.2) is 52.1 Å². The lowest BCUT2D eigenvalue weighted by Crippen LogP contribution is -2.59. The standard InChI is InChI=1S/C25H22F2N4O6/c1-35-25(34)37-36-22-19(32)14-28-31-21(22)24(33)30-11-3-2-10-29(30)23(31)20(15-6-4-8-17(26)12-15)16-7-5-9-18(27)13-16/h4-9,12-14,20,23H,2-3,10-11H2,1H3. The van der Waals surface area contributed by atoms with Crippen LogP contribution in [0.4, 0.5) is 13.6 Å². The third-order valence-corrected chi connectivity index (χ3v) is 6.35. The molecule has 3 aromatic rings. The van der Waals surface area contributed by atoms with Crippen LogP contribution < -0.4 is 10.3 Å². The molecule has 0 spiro atoms. The molecule has 10 nitrogen and oxygen atoms in total. The van der Waals surface area contributed by atoms with E-state index in [9.17, 15) is 23.2 Å². The molecule has 0 bridgehead atoms. The molecule has 37 heavy (non-hydrogen) atoms. The van der Waals surface area contributed by atoms with Crippen molar-refractivity contribution in [1.29, 1.82) is 0 Å². The fourth-order valence-electron chi connectivity index (χ4n) is 4.81. The monoisotopic (exact) mass is 512 g/mol. The highest BCUT2D eigenvalue weighted by molar-refractivity contribution is 5.95. The van der Waals surface area contributed by atoms with E-state index >= 15 is 0 Å². The SMILES string of the molecule is COC(=O)OOc1c2n(ncc1=O)C(C(c1cccc(F)c1)c1cccc(F)c1)N1CCCCN1C2=O. The Kier molecular flexibility index (Phi) is 6.57. The summed E-state index contributed by atoms with van der Waals surface area (Å²) >= 11 is 0. The van der Waals surface area contributed by atoms with Crippen molar-refractivity contribution >= 4 is 12.1 Å². The second kappa shape index (κ2) is 9.97. The number of fused-ring (bicyclic) bond motifs is 2. The number of carbonyl (C=O) groups excluding carboxylic acids is 2. The molecule has 1 atom stereocenters. The molecule has 2 aromatic carbocycles. The van der Waals surface area contributed by atoms with Crippen LogP contribution in [0.3, 0.4) is 0 Å². The van der Waals surface area contributed by atoms with Crippen LogP contribution in [0, 0.1) is 11.6 Å². The first-order valence-electron chi connectivity index (χ1n) is 11.5. The van der Waals surface area contributed by atoms with Crippen LogP contribution in [0.25, 0.3) is 0 Å². The lowest BCUT2D eigenvalue weighted by atomic mass is 9.87. The molecule has 2 aliphatic rings. The summed E-state index contributed by atoms with van der Waals surface area (Å²) < 4.78 is 34.5. The van der Waals surface area contributed by atoms with Crippen molar-refractivity contribution in [1.82, 2.24) is 19.8 Å². The zero-order valence-corrected chi connectivity index (χ0v) is 19.7. The zero-order valence-electron chi connectivity index (χ0n) is 19.7. The number of rotatable bonds is 5. The van der Waals surface area contributed by atoms with Crippen LogP contribution in [-0.2, 0) is 9.62 Å². The van der Waals surface area contributed by atoms with Crippen molar-refractivity contribution in [2.45, 2.75) is 24.9 Å². The van der Waals surface area contributed by atoms with Gasteiger partial charge in [0.05, 0.1) is 13.3 Å². The van der Waals surface area contributed by atoms with E-state index in [2.05, 4.69) is 14.7 Å². The highest BCUT2D eigenvalue weighted by Gasteiger charge is 2.46. The molecular formula is C25H22F2N4O6. The van der Waals surface area contributed by atoms with Gasteiger partial charge in [0, 0.05) is 19.0 Å². The molecule has 192 valence electrons. The van der Waals surface area contributed by atoms with Crippen LogP contribution >= 0.6 is 0 Å². The molecule has 12 heteroatoms. The van der Waals surface area contributed by atoms with Crippen LogP contribution in [0.15, 0.2) is 59.5 Å². The van der Waals surface area contributed by atoms with Gasteiger partial charge in [-0.05, 0) is 48.2 Å². The van der Waals surface area contributed by atoms with E-state index in [-0.39, 0.29) is 5.69 Å². The average molecular weight is 512 g/mol. The van der Waals surface area contributed by atoms with Gasteiger partial charge in [-0.25, -0.2) is 18.4 Å². The van der Waals surface area contributed by atoms with Gasteiger partial charge in [0.1, 0.15) is 17.8 Å². The summed E-state index contributed by atoms with van der Waals surface area (Å²) in [5.41, 5.74) is -0.0801. The highest BCUT2D eigenvalue weighted by atomic mass is 19.1. The molecule has 1 aromatic heterocycles. The Labute approximate surface area is 209 Å². The first kappa shape index (κ1) is 24.4. The normalized spacial score (nSPS) is 17.2. The fourth-order valence-corrected chi connectivity index (χ4v) is 4.81. The van der Waals surface area contributed by atoms with E-state index in [1.54, 1.807) is 17.1 Å². The molecule has 1 unspecified atom stereocenters. The molecule has 3 heterocycles. The Morgan fingerprint density at radius 2 is 1.68 bits per heavy atom. The summed E-state index contributed by atoms with van der Waals surface area (Å²) in [7, 11) is 1.05. The second-order valence-corrected chi connectivity index (χ2v) is 8.55. The predicted octanol–water partition coefficient (Wildman–Crippen LogP) is 3.40.